The van der Waals surface area contributed by atoms with E-state index in [4.69, 9.17) is 14.2 Å². The molecule has 1 aromatic carbocycles. The molecule has 0 aromatic heterocycles. The van der Waals surface area contributed by atoms with Crippen molar-refractivity contribution in [3.8, 4) is 0 Å². The number of rotatable bonds is 8. The van der Waals surface area contributed by atoms with E-state index in [9.17, 15) is 19.2 Å². The molecule has 0 radical (unpaired) electrons. The lowest BCUT2D eigenvalue weighted by Crippen LogP contribution is -2.58. The van der Waals surface area contributed by atoms with Crippen LogP contribution in [0.3, 0.4) is 0 Å². The second-order valence-electron chi connectivity index (χ2n) is 9.83. The molecule has 2 aliphatic rings. The van der Waals surface area contributed by atoms with Crippen LogP contribution in [-0.2, 0) is 35.2 Å². The number of hydrogen-bond donors (Lipinski definition) is 2. The van der Waals surface area contributed by atoms with Crippen molar-refractivity contribution in [2.75, 3.05) is 13.2 Å². The maximum absolute atomic E-state index is 13.5. The van der Waals surface area contributed by atoms with Gasteiger partial charge in [-0.25, -0.2) is 4.79 Å². The van der Waals surface area contributed by atoms with Gasteiger partial charge in [-0.3, -0.25) is 14.4 Å². The number of likely N-dealkylation sites (tertiary alicyclic amines) is 1. The Labute approximate surface area is 205 Å². The number of esters is 1. The zero-order chi connectivity index (χ0) is 25.6. The zero-order valence-corrected chi connectivity index (χ0v) is 20.7. The van der Waals surface area contributed by atoms with E-state index in [-0.39, 0.29) is 24.8 Å². The molecule has 10 heteroatoms. The van der Waals surface area contributed by atoms with Gasteiger partial charge in [0.2, 0.25) is 18.1 Å². The molecule has 2 heterocycles. The molecule has 10 nitrogen and oxygen atoms in total. The Morgan fingerprint density at radius 3 is 2.57 bits per heavy atom. The first kappa shape index (κ1) is 26.5. The number of cyclic esters (lactones) is 1. The van der Waals surface area contributed by atoms with Gasteiger partial charge in [-0.1, -0.05) is 51.1 Å². The van der Waals surface area contributed by atoms with Crippen molar-refractivity contribution in [2.45, 2.75) is 78.0 Å². The topological polar surface area (TPSA) is 123 Å². The van der Waals surface area contributed by atoms with Crippen LogP contribution in [0, 0.1) is 5.41 Å². The zero-order valence-electron chi connectivity index (χ0n) is 20.7. The minimum absolute atomic E-state index is 0.0104. The predicted molar refractivity (Wildman–Crippen MR) is 126 cm³/mol. The number of carbonyl (C=O) groups is 4. The van der Waals surface area contributed by atoms with Gasteiger partial charge >= 0.3 is 12.1 Å². The predicted octanol–water partition coefficient (Wildman–Crippen LogP) is 2.11. The molecule has 1 aromatic rings. The van der Waals surface area contributed by atoms with E-state index >= 15 is 0 Å². The molecule has 4 atom stereocenters. The first-order valence-corrected chi connectivity index (χ1v) is 12.0. The Bertz CT molecular complexity index is 915. The first-order valence-electron chi connectivity index (χ1n) is 12.0. The number of nitrogens with zero attached hydrogens (tertiary/aromatic N) is 1. The Hall–Kier alpha value is -3.14. The lowest BCUT2D eigenvalue weighted by atomic mass is 9.85. The largest absolute Gasteiger partial charge is 0.445 e. The summed E-state index contributed by atoms with van der Waals surface area (Å²) in [5.41, 5.74) is 0.204. The summed E-state index contributed by atoms with van der Waals surface area (Å²) < 4.78 is 15.8. The smallest absolute Gasteiger partial charge is 0.408 e. The molecule has 0 spiro atoms. The Morgan fingerprint density at radius 1 is 1.20 bits per heavy atom. The van der Waals surface area contributed by atoms with Gasteiger partial charge in [0.05, 0.1) is 6.42 Å². The van der Waals surface area contributed by atoms with E-state index < -0.39 is 41.9 Å². The van der Waals surface area contributed by atoms with E-state index in [0.717, 1.165) is 5.56 Å². The highest BCUT2D eigenvalue weighted by Crippen LogP contribution is 2.27. The normalized spacial score (nSPS) is 22.9. The Balaban J connectivity index is 1.64. The molecule has 2 aliphatic heterocycles. The van der Waals surface area contributed by atoms with Crippen molar-refractivity contribution < 1.29 is 33.4 Å². The molecule has 2 saturated heterocycles. The van der Waals surface area contributed by atoms with Gasteiger partial charge in [0.15, 0.2) is 0 Å². The van der Waals surface area contributed by atoms with Crippen LogP contribution in [0.5, 0.6) is 0 Å². The molecule has 2 fully saturated rings. The second-order valence-corrected chi connectivity index (χ2v) is 9.83. The fraction of sp³-hybridized carbons (Fsp3) is 0.600. The number of ether oxygens (including phenoxy) is 3. The van der Waals surface area contributed by atoms with Crippen molar-refractivity contribution in [1.82, 2.24) is 15.5 Å². The molecule has 192 valence electrons. The summed E-state index contributed by atoms with van der Waals surface area (Å²) in [4.78, 5) is 52.3. The van der Waals surface area contributed by atoms with Crippen LogP contribution in [0.1, 0.15) is 52.5 Å². The average Bonchev–Trinajstić information content (AvgIpc) is 3.42. The van der Waals surface area contributed by atoms with Crippen molar-refractivity contribution >= 4 is 23.9 Å². The second kappa shape index (κ2) is 11.5. The highest BCUT2D eigenvalue weighted by Gasteiger charge is 2.44. The standard InChI is InChI=1S/C25H35N3O7/c1-5-33-23-17(14-19(29)35-23)26-21(30)18-12-9-13-28(18)22(31)20(25(2,3)4)27-24(32)34-15-16-10-7-6-8-11-16/h6-8,10-11,17-18,20,23H,5,9,12-15H2,1-4H3,(H,26,30)(H,27,32)/t17?,18-,20+,23+/m0/s1. The molecule has 0 bridgehead atoms. The SMILES string of the molecule is CCO[C@@H]1OC(=O)CC1NC(=O)[C@@H]1CCCN1C(=O)[C@@H](NC(=O)OCc1ccccc1)C(C)(C)C. The van der Waals surface area contributed by atoms with Gasteiger partial charge in [0.1, 0.15) is 24.7 Å². The average molecular weight is 490 g/mol. The number of alkyl carbamates (subject to hydrolysis) is 1. The lowest BCUT2D eigenvalue weighted by molar-refractivity contribution is -0.164. The van der Waals surface area contributed by atoms with Gasteiger partial charge in [-0.2, -0.15) is 0 Å². The lowest BCUT2D eigenvalue weighted by Gasteiger charge is -2.35. The molecular formula is C25H35N3O7. The summed E-state index contributed by atoms with van der Waals surface area (Å²) >= 11 is 0. The molecule has 0 aliphatic carbocycles. The van der Waals surface area contributed by atoms with Gasteiger partial charge in [-0.15, -0.1) is 0 Å². The Morgan fingerprint density at radius 2 is 1.91 bits per heavy atom. The number of benzene rings is 1. The van der Waals surface area contributed by atoms with Gasteiger partial charge in [-0.05, 0) is 30.7 Å². The monoisotopic (exact) mass is 489 g/mol. The highest BCUT2D eigenvalue weighted by atomic mass is 16.7. The van der Waals surface area contributed by atoms with Crippen LogP contribution in [-0.4, -0.2) is 66.3 Å². The molecule has 35 heavy (non-hydrogen) atoms. The van der Waals surface area contributed by atoms with Crippen molar-refractivity contribution in [3.05, 3.63) is 35.9 Å². The summed E-state index contributed by atoms with van der Waals surface area (Å²) in [6.45, 7) is 8.09. The van der Waals surface area contributed by atoms with E-state index in [1.807, 2.05) is 51.1 Å². The molecule has 3 amide bonds. The molecule has 1 unspecified atom stereocenters. The molecule has 3 rings (SSSR count). The van der Waals surface area contributed by atoms with Crippen LogP contribution in [0.4, 0.5) is 4.79 Å². The number of hydrogen-bond acceptors (Lipinski definition) is 7. The van der Waals surface area contributed by atoms with Crippen LogP contribution in [0.15, 0.2) is 30.3 Å². The number of amides is 3. The highest BCUT2D eigenvalue weighted by molar-refractivity contribution is 5.92. The van der Waals surface area contributed by atoms with Gasteiger partial charge in [0.25, 0.3) is 0 Å². The number of carbonyl (C=O) groups excluding carboxylic acids is 4. The summed E-state index contributed by atoms with van der Waals surface area (Å²) in [7, 11) is 0. The van der Waals surface area contributed by atoms with Crippen molar-refractivity contribution in [2.24, 2.45) is 5.41 Å². The van der Waals surface area contributed by atoms with E-state index in [2.05, 4.69) is 10.6 Å². The van der Waals surface area contributed by atoms with Crippen molar-refractivity contribution in [1.29, 1.82) is 0 Å². The third kappa shape index (κ3) is 6.94. The number of nitrogens with one attached hydrogen (secondary N) is 2. The minimum Gasteiger partial charge on any atom is -0.445 e. The van der Waals surface area contributed by atoms with Gasteiger partial charge in [0, 0.05) is 13.2 Å². The summed E-state index contributed by atoms with van der Waals surface area (Å²) in [5, 5.41) is 5.51. The molecule has 0 saturated carbocycles. The summed E-state index contributed by atoms with van der Waals surface area (Å²) in [6.07, 6.45) is -0.410. The fourth-order valence-corrected chi connectivity index (χ4v) is 4.25. The summed E-state index contributed by atoms with van der Waals surface area (Å²) in [5.74, 6) is -1.17. The minimum atomic E-state index is -0.897. The molecule has 2 N–H and O–H groups in total. The van der Waals surface area contributed by atoms with E-state index in [0.29, 0.717) is 26.0 Å². The van der Waals surface area contributed by atoms with Crippen LogP contribution in [0.2, 0.25) is 0 Å². The quantitative estimate of drug-likeness (QED) is 0.536. The fourth-order valence-electron chi connectivity index (χ4n) is 4.25. The summed E-state index contributed by atoms with van der Waals surface area (Å²) in [6, 6.07) is 7.02. The van der Waals surface area contributed by atoms with Crippen LogP contribution < -0.4 is 10.6 Å². The maximum atomic E-state index is 13.5. The Kier molecular flexibility index (Phi) is 8.71. The van der Waals surface area contributed by atoms with Crippen molar-refractivity contribution in [3.63, 3.8) is 0 Å². The first-order chi connectivity index (χ1) is 16.6. The molecular weight excluding hydrogens is 454 g/mol. The third-order valence-electron chi connectivity index (χ3n) is 6.05. The van der Waals surface area contributed by atoms with E-state index in [1.54, 1.807) is 6.92 Å². The maximum Gasteiger partial charge on any atom is 0.408 e. The van der Waals surface area contributed by atoms with Gasteiger partial charge < -0.3 is 29.7 Å². The van der Waals surface area contributed by atoms with Crippen LogP contribution in [0.25, 0.3) is 0 Å². The van der Waals surface area contributed by atoms with Crippen LogP contribution >= 0.6 is 0 Å². The van der Waals surface area contributed by atoms with E-state index in [1.165, 1.54) is 4.90 Å². The third-order valence-corrected chi connectivity index (χ3v) is 6.05.